The third-order valence-corrected chi connectivity index (χ3v) is 6.36. The summed E-state index contributed by atoms with van der Waals surface area (Å²) >= 11 is 0. The van der Waals surface area contributed by atoms with Gasteiger partial charge in [-0.25, -0.2) is 28.7 Å². The Balaban J connectivity index is 1.29. The zero-order valence-electron chi connectivity index (χ0n) is 23.1. The molecule has 4 aromatic rings. The molecule has 0 spiro atoms. The van der Waals surface area contributed by atoms with Gasteiger partial charge in [-0.3, -0.25) is 9.69 Å². The number of fused-ring (bicyclic) bond motifs is 1. The van der Waals surface area contributed by atoms with E-state index < -0.39 is 17.5 Å². The molecule has 0 bridgehead atoms. The van der Waals surface area contributed by atoms with E-state index in [1.165, 1.54) is 4.90 Å². The molecular weight excluding hydrogens is 515 g/mol. The number of anilines is 3. The summed E-state index contributed by atoms with van der Waals surface area (Å²) in [6.45, 7) is 10.1. The highest BCUT2D eigenvalue weighted by atomic mass is 19.1. The molecule has 208 valence electrons. The number of nitrogens with one attached hydrogen (secondary N) is 1. The molecule has 0 unspecified atom stereocenters. The fourth-order valence-corrected chi connectivity index (χ4v) is 4.38. The van der Waals surface area contributed by atoms with E-state index in [9.17, 15) is 14.0 Å². The van der Waals surface area contributed by atoms with Crippen molar-refractivity contribution >= 4 is 35.0 Å². The first-order valence-electron chi connectivity index (χ1n) is 13.0. The van der Waals surface area contributed by atoms with Gasteiger partial charge < -0.3 is 15.0 Å². The molecule has 1 fully saturated rings. The van der Waals surface area contributed by atoms with Crippen LogP contribution in [0.15, 0.2) is 49.1 Å². The van der Waals surface area contributed by atoms with Gasteiger partial charge in [0.15, 0.2) is 5.82 Å². The molecule has 11 nitrogen and oxygen atoms in total. The molecule has 2 amide bonds. The fraction of sp³-hybridized carbons (Fsp3) is 0.357. The van der Waals surface area contributed by atoms with Crippen molar-refractivity contribution in [3.8, 4) is 11.3 Å². The Morgan fingerprint density at radius 3 is 2.58 bits per heavy atom. The summed E-state index contributed by atoms with van der Waals surface area (Å²) in [5.41, 5.74) is 2.66. The Morgan fingerprint density at radius 1 is 1.10 bits per heavy atom. The van der Waals surface area contributed by atoms with Gasteiger partial charge >= 0.3 is 6.09 Å². The number of halogens is 1. The Bertz CT molecular complexity index is 1560. The maximum atomic E-state index is 14.8. The van der Waals surface area contributed by atoms with E-state index in [1.54, 1.807) is 60.8 Å². The molecule has 0 aliphatic carbocycles. The van der Waals surface area contributed by atoms with Crippen LogP contribution in [0.4, 0.5) is 26.6 Å². The van der Waals surface area contributed by atoms with Gasteiger partial charge in [0.25, 0.3) is 0 Å². The second-order valence-corrected chi connectivity index (χ2v) is 10.9. The van der Waals surface area contributed by atoms with Crippen LogP contribution < -0.4 is 10.2 Å². The predicted octanol–water partition coefficient (Wildman–Crippen LogP) is 4.78. The SMILES string of the molecule is CC(C)c1cnn2ccc(-c3nc(Nc4ccc(N5CCN(C(=O)OC(C)(C)C)CC5=O)cn4)ncc3F)cc12. The van der Waals surface area contributed by atoms with Gasteiger partial charge in [-0.05, 0) is 51.0 Å². The number of carbonyl (C=O) groups is 2. The van der Waals surface area contributed by atoms with Gasteiger partial charge in [0.2, 0.25) is 11.9 Å². The lowest BCUT2D eigenvalue weighted by molar-refractivity contribution is -0.121. The summed E-state index contributed by atoms with van der Waals surface area (Å²) in [6, 6.07) is 7.04. The third kappa shape index (κ3) is 5.70. The van der Waals surface area contributed by atoms with Gasteiger partial charge in [-0.1, -0.05) is 13.8 Å². The average molecular weight is 547 g/mol. The summed E-state index contributed by atoms with van der Waals surface area (Å²) in [6.07, 6.45) is 5.75. The largest absolute Gasteiger partial charge is 0.444 e. The highest BCUT2D eigenvalue weighted by Crippen LogP contribution is 2.27. The lowest BCUT2D eigenvalue weighted by atomic mass is 10.0. The van der Waals surface area contributed by atoms with Crippen molar-refractivity contribution in [2.24, 2.45) is 0 Å². The smallest absolute Gasteiger partial charge is 0.410 e. The molecule has 1 saturated heterocycles. The number of pyridine rings is 2. The van der Waals surface area contributed by atoms with Crippen LogP contribution >= 0.6 is 0 Å². The minimum absolute atomic E-state index is 0.0785. The van der Waals surface area contributed by atoms with Gasteiger partial charge in [0.05, 0.1) is 29.8 Å². The monoisotopic (exact) mass is 546 g/mol. The first-order chi connectivity index (χ1) is 19.0. The van der Waals surface area contributed by atoms with Crippen molar-refractivity contribution in [3.05, 3.63) is 60.4 Å². The van der Waals surface area contributed by atoms with E-state index in [2.05, 4.69) is 39.2 Å². The highest BCUT2D eigenvalue weighted by molar-refractivity contribution is 5.97. The molecule has 1 aliphatic rings. The first-order valence-corrected chi connectivity index (χ1v) is 13.0. The Labute approximate surface area is 231 Å². The van der Waals surface area contributed by atoms with Crippen LogP contribution in [0.3, 0.4) is 0 Å². The van der Waals surface area contributed by atoms with Crippen LogP contribution in [0.1, 0.15) is 46.1 Å². The molecule has 12 heteroatoms. The second-order valence-electron chi connectivity index (χ2n) is 10.9. The normalized spacial score (nSPS) is 14.2. The van der Waals surface area contributed by atoms with Gasteiger partial charge in [0, 0.05) is 30.4 Å². The quantitative estimate of drug-likeness (QED) is 0.380. The molecule has 1 aliphatic heterocycles. The molecule has 0 saturated carbocycles. The van der Waals surface area contributed by atoms with Crippen molar-refractivity contribution in [2.75, 3.05) is 29.9 Å². The predicted molar refractivity (Wildman–Crippen MR) is 148 cm³/mol. The highest BCUT2D eigenvalue weighted by Gasteiger charge is 2.31. The molecule has 5 rings (SSSR count). The van der Waals surface area contributed by atoms with E-state index in [0.29, 0.717) is 30.2 Å². The number of rotatable bonds is 5. The zero-order chi connectivity index (χ0) is 28.6. The topological polar surface area (TPSA) is 118 Å². The maximum Gasteiger partial charge on any atom is 0.410 e. The maximum absolute atomic E-state index is 14.8. The van der Waals surface area contributed by atoms with Crippen molar-refractivity contribution in [2.45, 2.75) is 46.1 Å². The number of carbonyl (C=O) groups excluding carboxylic acids is 2. The van der Waals surface area contributed by atoms with Crippen LogP contribution in [-0.4, -0.2) is 66.7 Å². The first kappa shape index (κ1) is 27.0. The molecule has 40 heavy (non-hydrogen) atoms. The summed E-state index contributed by atoms with van der Waals surface area (Å²) in [5.74, 6) is 0.0822. The molecule has 0 aromatic carbocycles. The molecule has 4 aromatic heterocycles. The molecule has 5 heterocycles. The number of ether oxygens (including phenoxy) is 1. The minimum atomic E-state index is -0.635. The van der Waals surface area contributed by atoms with E-state index in [4.69, 9.17) is 4.74 Å². The Morgan fingerprint density at radius 2 is 1.90 bits per heavy atom. The van der Waals surface area contributed by atoms with E-state index in [-0.39, 0.29) is 30.0 Å². The molecule has 0 radical (unpaired) electrons. The summed E-state index contributed by atoms with van der Waals surface area (Å²) in [7, 11) is 0. The van der Waals surface area contributed by atoms with Crippen LogP contribution in [0.5, 0.6) is 0 Å². The van der Waals surface area contributed by atoms with Crippen LogP contribution in [0.2, 0.25) is 0 Å². The van der Waals surface area contributed by atoms with Crippen molar-refractivity contribution < 1.29 is 18.7 Å². The Hall–Kier alpha value is -4.61. The molecule has 0 atom stereocenters. The van der Waals surface area contributed by atoms with Crippen LogP contribution in [0.25, 0.3) is 16.8 Å². The lowest BCUT2D eigenvalue weighted by Crippen LogP contribution is -2.53. The summed E-state index contributed by atoms with van der Waals surface area (Å²) in [4.78, 5) is 40.9. The zero-order valence-corrected chi connectivity index (χ0v) is 23.1. The number of hydrogen-bond donors (Lipinski definition) is 1. The number of nitrogens with zero attached hydrogens (tertiary/aromatic N) is 7. The Kier molecular flexibility index (Phi) is 7.09. The average Bonchev–Trinajstić information content (AvgIpc) is 3.33. The molecule has 1 N–H and O–H groups in total. The summed E-state index contributed by atoms with van der Waals surface area (Å²) in [5, 5.41) is 7.36. The fourth-order valence-electron chi connectivity index (χ4n) is 4.38. The van der Waals surface area contributed by atoms with Gasteiger partial charge in [0.1, 0.15) is 23.7 Å². The molecular formula is C28H31FN8O3. The van der Waals surface area contributed by atoms with Crippen LogP contribution in [0, 0.1) is 5.82 Å². The minimum Gasteiger partial charge on any atom is -0.444 e. The van der Waals surface area contributed by atoms with Crippen LogP contribution in [-0.2, 0) is 9.53 Å². The standard InChI is InChI=1S/C28H31FN8O3/c1-17(2)20-14-32-37-9-8-18(12-22(20)37)25-21(29)15-31-26(34-25)33-23-7-6-19(13-30-23)36-11-10-35(16-24(36)38)27(39)40-28(3,4)5/h6-9,12-15,17H,10-11,16H2,1-5H3,(H,30,31,33,34). The number of hydrogen-bond acceptors (Lipinski definition) is 8. The number of aromatic nitrogens is 5. The van der Waals surface area contributed by atoms with E-state index in [1.807, 2.05) is 12.3 Å². The van der Waals surface area contributed by atoms with E-state index in [0.717, 1.165) is 17.3 Å². The number of piperazine rings is 1. The van der Waals surface area contributed by atoms with Crippen molar-refractivity contribution in [3.63, 3.8) is 0 Å². The second kappa shape index (κ2) is 10.5. The summed E-state index contributed by atoms with van der Waals surface area (Å²) < 4.78 is 21.9. The van der Waals surface area contributed by atoms with E-state index >= 15 is 0 Å². The van der Waals surface area contributed by atoms with Crippen molar-refractivity contribution in [1.82, 2.24) is 29.5 Å². The lowest BCUT2D eigenvalue weighted by Gasteiger charge is -2.35. The van der Waals surface area contributed by atoms with Crippen molar-refractivity contribution in [1.29, 1.82) is 0 Å². The third-order valence-electron chi connectivity index (χ3n) is 6.36. The number of amides is 2. The van der Waals surface area contributed by atoms with Gasteiger partial charge in [-0.2, -0.15) is 5.10 Å². The van der Waals surface area contributed by atoms with Gasteiger partial charge in [-0.15, -0.1) is 0 Å².